The first-order valence-electron chi connectivity index (χ1n) is 8.62. The van der Waals surface area contributed by atoms with Gasteiger partial charge in [0.05, 0.1) is 19.9 Å². The first-order valence-corrected chi connectivity index (χ1v) is 9.50. The Morgan fingerprint density at radius 1 is 1.11 bits per heavy atom. The Morgan fingerprint density at radius 3 is 2.59 bits per heavy atom. The van der Waals surface area contributed by atoms with Gasteiger partial charge in [-0.25, -0.2) is 4.98 Å². The zero-order chi connectivity index (χ0) is 19.2. The van der Waals surface area contributed by atoms with Crippen LogP contribution in [-0.4, -0.2) is 25.1 Å². The number of nitrogens with one attached hydrogen (secondary N) is 1. The summed E-state index contributed by atoms with van der Waals surface area (Å²) >= 11 is 1.39. The van der Waals surface area contributed by atoms with Gasteiger partial charge in [-0.1, -0.05) is 29.8 Å². The Kier molecular flexibility index (Phi) is 6.08. The fourth-order valence-electron chi connectivity index (χ4n) is 2.66. The van der Waals surface area contributed by atoms with Gasteiger partial charge in [0.2, 0.25) is 5.91 Å². The minimum absolute atomic E-state index is 0.0471. The van der Waals surface area contributed by atoms with Crippen LogP contribution in [0.25, 0.3) is 11.3 Å². The largest absolute Gasteiger partial charge is 0.497 e. The number of hydrogen-bond acceptors (Lipinski definition) is 5. The molecule has 0 radical (unpaired) electrons. The van der Waals surface area contributed by atoms with E-state index in [2.05, 4.69) is 34.6 Å². The summed E-state index contributed by atoms with van der Waals surface area (Å²) in [4.78, 5) is 16.8. The maximum absolute atomic E-state index is 12.2. The monoisotopic (exact) mass is 382 g/mol. The van der Waals surface area contributed by atoms with Crippen LogP contribution in [0.5, 0.6) is 11.5 Å². The lowest BCUT2D eigenvalue weighted by molar-refractivity contribution is -0.116. The molecule has 3 aromatic rings. The van der Waals surface area contributed by atoms with Crippen molar-refractivity contribution >= 4 is 22.4 Å². The normalized spacial score (nSPS) is 10.5. The van der Waals surface area contributed by atoms with Gasteiger partial charge in [-0.15, -0.1) is 11.3 Å². The molecule has 1 amide bonds. The van der Waals surface area contributed by atoms with E-state index in [0.717, 1.165) is 22.6 Å². The van der Waals surface area contributed by atoms with Gasteiger partial charge in [-0.05, 0) is 37.1 Å². The Hall–Kier alpha value is -2.86. The topological polar surface area (TPSA) is 60.5 Å². The van der Waals surface area contributed by atoms with Gasteiger partial charge in [0, 0.05) is 17.4 Å². The van der Waals surface area contributed by atoms with Crippen molar-refractivity contribution in [3.63, 3.8) is 0 Å². The van der Waals surface area contributed by atoms with Crippen LogP contribution in [-0.2, 0) is 11.2 Å². The molecule has 1 aromatic heterocycles. The van der Waals surface area contributed by atoms with Crippen molar-refractivity contribution in [1.82, 2.24) is 4.98 Å². The summed E-state index contributed by atoms with van der Waals surface area (Å²) in [6.45, 7) is 2.05. The molecular weight excluding hydrogens is 360 g/mol. The molecule has 0 aliphatic carbocycles. The number of nitrogens with zero attached hydrogens (tertiary/aromatic N) is 1. The lowest BCUT2D eigenvalue weighted by Crippen LogP contribution is -2.12. The van der Waals surface area contributed by atoms with E-state index < -0.39 is 0 Å². The number of aromatic nitrogens is 1. The summed E-state index contributed by atoms with van der Waals surface area (Å²) in [5.74, 6) is 1.38. The van der Waals surface area contributed by atoms with Gasteiger partial charge in [-0.3, -0.25) is 4.79 Å². The summed E-state index contributed by atoms with van der Waals surface area (Å²) in [5.41, 5.74) is 3.93. The van der Waals surface area contributed by atoms with Crippen molar-refractivity contribution in [3.05, 3.63) is 59.0 Å². The fraction of sp³-hybridized carbons (Fsp3) is 0.238. The van der Waals surface area contributed by atoms with Crippen LogP contribution in [0.2, 0.25) is 0 Å². The Morgan fingerprint density at radius 2 is 1.89 bits per heavy atom. The number of carbonyl (C=O) groups is 1. The predicted molar refractivity (Wildman–Crippen MR) is 109 cm³/mol. The molecule has 1 heterocycles. The quantitative estimate of drug-likeness (QED) is 0.643. The highest BCUT2D eigenvalue weighted by atomic mass is 32.1. The van der Waals surface area contributed by atoms with Gasteiger partial charge in [0.25, 0.3) is 0 Å². The molecule has 0 atom stereocenters. The van der Waals surface area contributed by atoms with Crippen molar-refractivity contribution in [2.24, 2.45) is 0 Å². The third kappa shape index (κ3) is 4.86. The summed E-state index contributed by atoms with van der Waals surface area (Å²) < 4.78 is 10.7. The van der Waals surface area contributed by atoms with Crippen LogP contribution < -0.4 is 14.8 Å². The fourth-order valence-corrected chi connectivity index (χ4v) is 3.39. The second kappa shape index (κ2) is 8.68. The number of thiazole rings is 1. The first kappa shape index (κ1) is 18.9. The van der Waals surface area contributed by atoms with Crippen LogP contribution >= 0.6 is 11.3 Å². The maximum atomic E-state index is 12.2. The van der Waals surface area contributed by atoms with Crippen LogP contribution in [0, 0.1) is 6.92 Å². The molecule has 0 aliphatic rings. The van der Waals surface area contributed by atoms with E-state index in [0.29, 0.717) is 23.7 Å². The average molecular weight is 382 g/mol. The molecule has 140 valence electrons. The van der Waals surface area contributed by atoms with Gasteiger partial charge in [0.15, 0.2) is 5.13 Å². The molecule has 2 aromatic carbocycles. The molecule has 0 fully saturated rings. The van der Waals surface area contributed by atoms with Gasteiger partial charge in [-0.2, -0.15) is 0 Å². The number of hydrogen-bond donors (Lipinski definition) is 1. The Labute approximate surface area is 163 Å². The average Bonchev–Trinajstić information content (AvgIpc) is 3.15. The lowest BCUT2D eigenvalue weighted by atomic mass is 10.1. The second-order valence-corrected chi connectivity index (χ2v) is 7.00. The summed E-state index contributed by atoms with van der Waals surface area (Å²) in [6, 6.07) is 13.8. The van der Waals surface area contributed by atoms with Crippen molar-refractivity contribution in [1.29, 1.82) is 0 Å². The van der Waals surface area contributed by atoms with Crippen molar-refractivity contribution in [2.45, 2.75) is 19.8 Å². The van der Waals surface area contributed by atoms with Crippen LogP contribution in [0.3, 0.4) is 0 Å². The van der Waals surface area contributed by atoms with Crippen LogP contribution in [0.15, 0.2) is 47.8 Å². The van der Waals surface area contributed by atoms with Gasteiger partial charge < -0.3 is 14.8 Å². The first-order chi connectivity index (χ1) is 13.1. The predicted octanol–water partition coefficient (Wildman–Crippen LogP) is 4.71. The van der Waals surface area contributed by atoms with Crippen molar-refractivity contribution < 1.29 is 14.3 Å². The van der Waals surface area contributed by atoms with Gasteiger partial charge in [0.1, 0.15) is 11.5 Å². The van der Waals surface area contributed by atoms with Crippen LogP contribution in [0.4, 0.5) is 5.13 Å². The van der Waals surface area contributed by atoms with E-state index in [1.54, 1.807) is 14.2 Å². The summed E-state index contributed by atoms with van der Waals surface area (Å²) in [6.07, 6.45) is 1.12. The van der Waals surface area contributed by atoms with Crippen molar-refractivity contribution in [3.8, 4) is 22.8 Å². The minimum Gasteiger partial charge on any atom is -0.497 e. The van der Waals surface area contributed by atoms with E-state index in [1.165, 1.54) is 16.9 Å². The molecule has 5 nitrogen and oxygen atoms in total. The molecule has 3 rings (SSSR count). The molecule has 27 heavy (non-hydrogen) atoms. The molecule has 0 spiro atoms. The standard InChI is InChI=1S/C21H22N2O3S/c1-14-4-6-15(7-5-14)8-11-20(24)23-21-22-18(13-27-21)17-12-16(25-2)9-10-19(17)26-3/h4-7,9-10,12-13H,8,11H2,1-3H3,(H,22,23,24). The second-order valence-electron chi connectivity index (χ2n) is 6.14. The summed E-state index contributed by atoms with van der Waals surface area (Å²) in [7, 11) is 3.23. The molecular formula is C21H22N2O3S. The molecule has 0 bridgehead atoms. The summed E-state index contributed by atoms with van der Waals surface area (Å²) in [5, 5.41) is 5.34. The van der Waals surface area contributed by atoms with Gasteiger partial charge >= 0.3 is 0 Å². The Bertz CT molecular complexity index is 919. The van der Waals surface area contributed by atoms with Crippen molar-refractivity contribution in [2.75, 3.05) is 19.5 Å². The highest BCUT2D eigenvalue weighted by molar-refractivity contribution is 7.14. The van der Waals surface area contributed by atoms with E-state index in [-0.39, 0.29) is 5.91 Å². The third-order valence-electron chi connectivity index (χ3n) is 4.19. The number of rotatable bonds is 7. The number of anilines is 1. The number of ether oxygens (including phenoxy) is 2. The molecule has 0 saturated heterocycles. The molecule has 0 unspecified atom stereocenters. The van der Waals surface area contributed by atoms with E-state index in [9.17, 15) is 4.79 Å². The molecule has 0 saturated carbocycles. The van der Waals surface area contributed by atoms with E-state index >= 15 is 0 Å². The highest BCUT2D eigenvalue weighted by Gasteiger charge is 2.13. The number of methoxy groups -OCH3 is 2. The maximum Gasteiger partial charge on any atom is 0.226 e. The third-order valence-corrected chi connectivity index (χ3v) is 4.95. The number of carbonyl (C=O) groups excluding carboxylic acids is 1. The highest BCUT2D eigenvalue weighted by Crippen LogP contribution is 2.35. The Balaban J connectivity index is 1.65. The molecule has 1 N–H and O–H groups in total. The molecule has 0 aliphatic heterocycles. The number of benzene rings is 2. The zero-order valence-electron chi connectivity index (χ0n) is 15.6. The smallest absolute Gasteiger partial charge is 0.226 e. The molecule has 6 heteroatoms. The zero-order valence-corrected chi connectivity index (χ0v) is 16.4. The lowest BCUT2D eigenvalue weighted by Gasteiger charge is -2.08. The minimum atomic E-state index is -0.0471. The van der Waals surface area contributed by atoms with Crippen LogP contribution in [0.1, 0.15) is 17.5 Å². The number of amides is 1. The number of aryl methyl sites for hydroxylation is 2. The SMILES string of the molecule is COc1ccc(OC)c(-c2csc(NC(=O)CCc3ccc(C)cc3)n2)c1. The van der Waals surface area contributed by atoms with E-state index in [1.807, 2.05) is 30.5 Å². The van der Waals surface area contributed by atoms with E-state index in [4.69, 9.17) is 9.47 Å².